The standard InChI is InChI=1S/C16H16Cl2N2O/c17-12-7-4-8-13(18)16(12)20-15(21)10-9-14(19)11-5-2-1-3-6-11/h1-8,14H,9-10,19H2,(H,20,21). The number of nitrogens with two attached hydrogens (primary N) is 1. The van der Waals surface area contributed by atoms with Gasteiger partial charge in [-0.2, -0.15) is 0 Å². The number of benzene rings is 2. The number of amides is 1. The zero-order valence-corrected chi connectivity index (χ0v) is 12.9. The minimum absolute atomic E-state index is 0.156. The first kappa shape index (κ1) is 15.8. The number of nitrogens with one attached hydrogen (secondary N) is 1. The van der Waals surface area contributed by atoms with Crippen LogP contribution in [0.25, 0.3) is 0 Å². The maximum Gasteiger partial charge on any atom is 0.224 e. The summed E-state index contributed by atoms with van der Waals surface area (Å²) in [5.74, 6) is -0.156. The number of rotatable bonds is 5. The summed E-state index contributed by atoms with van der Waals surface area (Å²) in [5.41, 5.74) is 7.52. The molecule has 0 fully saturated rings. The van der Waals surface area contributed by atoms with E-state index in [-0.39, 0.29) is 11.9 Å². The van der Waals surface area contributed by atoms with Crippen molar-refractivity contribution in [2.75, 3.05) is 5.32 Å². The summed E-state index contributed by atoms with van der Waals surface area (Å²) in [6, 6.07) is 14.6. The highest BCUT2D eigenvalue weighted by molar-refractivity contribution is 6.39. The molecule has 5 heteroatoms. The Labute approximate surface area is 134 Å². The molecule has 0 aliphatic carbocycles. The van der Waals surface area contributed by atoms with Crippen LogP contribution in [0.2, 0.25) is 10.0 Å². The maximum absolute atomic E-state index is 12.0. The smallest absolute Gasteiger partial charge is 0.224 e. The molecule has 0 aromatic heterocycles. The van der Waals surface area contributed by atoms with Crippen molar-refractivity contribution in [1.82, 2.24) is 0 Å². The van der Waals surface area contributed by atoms with E-state index >= 15 is 0 Å². The van der Waals surface area contributed by atoms with Crippen LogP contribution in [0.3, 0.4) is 0 Å². The average molecular weight is 323 g/mol. The number of carbonyl (C=O) groups is 1. The van der Waals surface area contributed by atoms with Crippen molar-refractivity contribution in [2.45, 2.75) is 18.9 Å². The van der Waals surface area contributed by atoms with Gasteiger partial charge in [-0.1, -0.05) is 59.6 Å². The number of para-hydroxylation sites is 1. The van der Waals surface area contributed by atoms with E-state index in [1.165, 1.54) is 0 Å². The van der Waals surface area contributed by atoms with Gasteiger partial charge in [-0.25, -0.2) is 0 Å². The number of halogens is 2. The molecule has 1 amide bonds. The minimum atomic E-state index is -0.168. The molecule has 0 spiro atoms. The Morgan fingerprint density at radius 3 is 2.29 bits per heavy atom. The molecule has 2 rings (SSSR count). The zero-order chi connectivity index (χ0) is 15.2. The number of hydrogen-bond donors (Lipinski definition) is 2. The highest BCUT2D eigenvalue weighted by Crippen LogP contribution is 2.30. The average Bonchev–Trinajstić information content (AvgIpc) is 2.49. The predicted octanol–water partition coefficient (Wildman–Crippen LogP) is 4.41. The molecule has 0 bridgehead atoms. The van der Waals surface area contributed by atoms with E-state index in [0.717, 1.165) is 5.56 Å². The molecule has 1 unspecified atom stereocenters. The molecule has 3 nitrogen and oxygen atoms in total. The molecular weight excluding hydrogens is 307 g/mol. The molecule has 3 N–H and O–H groups in total. The molecule has 0 aliphatic rings. The van der Waals surface area contributed by atoms with E-state index in [4.69, 9.17) is 28.9 Å². The van der Waals surface area contributed by atoms with Crippen molar-refractivity contribution in [3.8, 4) is 0 Å². The third-order valence-electron chi connectivity index (χ3n) is 3.14. The van der Waals surface area contributed by atoms with Crippen LogP contribution < -0.4 is 11.1 Å². The third-order valence-corrected chi connectivity index (χ3v) is 3.77. The van der Waals surface area contributed by atoms with E-state index in [1.54, 1.807) is 18.2 Å². The van der Waals surface area contributed by atoms with Crippen LogP contribution >= 0.6 is 23.2 Å². The lowest BCUT2D eigenvalue weighted by Gasteiger charge is -2.13. The molecule has 0 saturated carbocycles. The van der Waals surface area contributed by atoms with Crippen LogP contribution in [0.15, 0.2) is 48.5 Å². The van der Waals surface area contributed by atoms with Gasteiger partial charge in [-0.05, 0) is 24.1 Å². The SMILES string of the molecule is NC(CCC(=O)Nc1c(Cl)cccc1Cl)c1ccccc1. The summed E-state index contributed by atoms with van der Waals surface area (Å²) in [7, 11) is 0. The van der Waals surface area contributed by atoms with Crippen LogP contribution in [0, 0.1) is 0 Å². The van der Waals surface area contributed by atoms with Gasteiger partial charge in [0.15, 0.2) is 0 Å². The van der Waals surface area contributed by atoms with Crippen molar-refractivity contribution in [3.63, 3.8) is 0 Å². The zero-order valence-electron chi connectivity index (χ0n) is 11.4. The lowest BCUT2D eigenvalue weighted by atomic mass is 10.0. The van der Waals surface area contributed by atoms with Crippen molar-refractivity contribution in [1.29, 1.82) is 0 Å². The first-order valence-corrected chi connectivity index (χ1v) is 7.38. The Bertz CT molecular complexity index is 597. The molecule has 110 valence electrons. The van der Waals surface area contributed by atoms with Gasteiger partial charge >= 0.3 is 0 Å². The van der Waals surface area contributed by atoms with Gasteiger partial charge < -0.3 is 11.1 Å². The fourth-order valence-corrected chi connectivity index (χ4v) is 2.46. The van der Waals surface area contributed by atoms with Gasteiger partial charge in [-0.3, -0.25) is 4.79 Å². The molecule has 21 heavy (non-hydrogen) atoms. The second kappa shape index (κ2) is 7.46. The molecule has 2 aromatic rings. The molecule has 0 radical (unpaired) electrons. The molecular formula is C16H16Cl2N2O. The Hall–Kier alpha value is -1.55. The van der Waals surface area contributed by atoms with Gasteiger partial charge in [0, 0.05) is 12.5 Å². The Morgan fingerprint density at radius 2 is 1.67 bits per heavy atom. The summed E-state index contributed by atoms with van der Waals surface area (Å²) < 4.78 is 0. The summed E-state index contributed by atoms with van der Waals surface area (Å²) in [5, 5.41) is 3.57. The molecule has 0 aliphatic heterocycles. The van der Waals surface area contributed by atoms with Crippen LogP contribution in [0.1, 0.15) is 24.4 Å². The van der Waals surface area contributed by atoms with Gasteiger partial charge in [0.05, 0.1) is 15.7 Å². The monoisotopic (exact) mass is 322 g/mol. The van der Waals surface area contributed by atoms with Crippen molar-refractivity contribution < 1.29 is 4.79 Å². The summed E-state index contributed by atoms with van der Waals surface area (Å²) >= 11 is 12.0. The van der Waals surface area contributed by atoms with E-state index in [2.05, 4.69) is 5.32 Å². The van der Waals surface area contributed by atoms with Crippen LogP contribution in [0.5, 0.6) is 0 Å². The lowest BCUT2D eigenvalue weighted by Crippen LogP contribution is -2.17. The molecule has 0 saturated heterocycles. The number of anilines is 1. The van der Waals surface area contributed by atoms with E-state index < -0.39 is 0 Å². The Kier molecular flexibility index (Phi) is 5.62. The minimum Gasteiger partial charge on any atom is -0.324 e. The fourth-order valence-electron chi connectivity index (χ4n) is 1.97. The second-order valence-electron chi connectivity index (χ2n) is 4.70. The fraction of sp³-hybridized carbons (Fsp3) is 0.188. The van der Waals surface area contributed by atoms with Crippen LogP contribution in [0.4, 0.5) is 5.69 Å². The Balaban J connectivity index is 1.91. The van der Waals surface area contributed by atoms with Gasteiger partial charge in [-0.15, -0.1) is 0 Å². The first-order chi connectivity index (χ1) is 10.1. The van der Waals surface area contributed by atoms with Crippen molar-refractivity contribution in [3.05, 3.63) is 64.1 Å². The molecule has 0 heterocycles. The number of carbonyl (C=O) groups excluding carboxylic acids is 1. The third kappa shape index (κ3) is 4.46. The quantitative estimate of drug-likeness (QED) is 0.856. The molecule has 2 aromatic carbocycles. The topological polar surface area (TPSA) is 55.1 Å². The van der Waals surface area contributed by atoms with Crippen molar-refractivity contribution >= 4 is 34.8 Å². The van der Waals surface area contributed by atoms with Gasteiger partial charge in [0.2, 0.25) is 5.91 Å². The maximum atomic E-state index is 12.0. The predicted molar refractivity (Wildman–Crippen MR) is 87.7 cm³/mol. The highest BCUT2D eigenvalue weighted by atomic mass is 35.5. The Morgan fingerprint density at radius 1 is 1.05 bits per heavy atom. The summed E-state index contributed by atoms with van der Waals surface area (Å²) in [6.45, 7) is 0. The van der Waals surface area contributed by atoms with Crippen LogP contribution in [-0.2, 0) is 4.79 Å². The van der Waals surface area contributed by atoms with E-state index in [1.807, 2.05) is 30.3 Å². The summed E-state index contributed by atoms with van der Waals surface area (Å²) in [4.78, 5) is 12.0. The number of hydrogen-bond acceptors (Lipinski definition) is 2. The van der Waals surface area contributed by atoms with Gasteiger partial charge in [0.1, 0.15) is 0 Å². The first-order valence-electron chi connectivity index (χ1n) is 6.62. The molecule has 1 atom stereocenters. The van der Waals surface area contributed by atoms with Crippen molar-refractivity contribution in [2.24, 2.45) is 5.73 Å². The normalized spacial score (nSPS) is 12.0. The second-order valence-corrected chi connectivity index (χ2v) is 5.52. The lowest BCUT2D eigenvalue weighted by molar-refractivity contribution is -0.116. The van der Waals surface area contributed by atoms with Crippen LogP contribution in [-0.4, -0.2) is 5.91 Å². The van der Waals surface area contributed by atoms with E-state index in [9.17, 15) is 4.79 Å². The van der Waals surface area contributed by atoms with Gasteiger partial charge in [0.25, 0.3) is 0 Å². The summed E-state index contributed by atoms with van der Waals surface area (Å²) in [6.07, 6.45) is 0.857. The highest BCUT2D eigenvalue weighted by Gasteiger charge is 2.12. The largest absolute Gasteiger partial charge is 0.324 e. The van der Waals surface area contributed by atoms with E-state index in [0.29, 0.717) is 28.6 Å².